The summed E-state index contributed by atoms with van der Waals surface area (Å²) < 4.78 is 2.05. The molecule has 0 saturated carbocycles. The SMILES string of the molecule is CCc1cccc(NC(=O)N2CCC(c3nc4cccnc4n3C)C2)c1. The Morgan fingerprint density at radius 1 is 1.31 bits per heavy atom. The van der Waals surface area contributed by atoms with E-state index in [2.05, 4.69) is 23.3 Å². The van der Waals surface area contributed by atoms with Gasteiger partial charge in [-0.2, -0.15) is 0 Å². The number of nitrogens with zero attached hydrogens (tertiary/aromatic N) is 4. The molecule has 2 aromatic heterocycles. The number of amides is 2. The maximum absolute atomic E-state index is 12.6. The topological polar surface area (TPSA) is 63.1 Å². The summed E-state index contributed by atoms with van der Waals surface area (Å²) in [6.45, 7) is 3.52. The number of aryl methyl sites for hydroxylation is 2. The van der Waals surface area contributed by atoms with E-state index in [1.165, 1.54) is 5.56 Å². The predicted octanol–water partition coefficient (Wildman–Crippen LogP) is 3.55. The Morgan fingerprint density at radius 2 is 2.19 bits per heavy atom. The Morgan fingerprint density at radius 3 is 3.00 bits per heavy atom. The largest absolute Gasteiger partial charge is 0.324 e. The number of likely N-dealkylation sites (tertiary alicyclic amines) is 1. The predicted molar refractivity (Wildman–Crippen MR) is 102 cm³/mol. The molecule has 0 radical (unpaired) electrons. The van der Waals surface area contributed by atoms with Crippen molar-refractivity contribution < 1.29 is 4.79 Å². The van der Waals surface area contributed by atoms with Crippen molar-refractivity contribution in [1.82, 2.24) is 19.4 Å². The van der Waals surface area contributed by atoms with Crippen molar-refractivity contribution in [3.05, 3.63) is 54.0 Å². The first-order chi connectivity index (χ1) is 12.7. The fourth-order valence-corrected chi connectivity index (χ4v) is 3.63. The fourth-order valence-electron chi connectivity index (χ4n) is 3.63. The third-order valence-corrected chi connectivity index (χ3v) is 5.09. The Balaban J connectivity index is 1.47. The van der Waals surface area contributed by atoms with Crippen LogP contribution in [0.3, 0.4) is 0 Å². The van der Waals surface area contributed by atoms with Crippen LogP contribution in [0.4, 0.5) is 10.5 Å². The molecular formula is C20H23N5O. The normalized spacial score (nSPS) is 17.0. The van der Waals surface area contributed by atoms with Crippen LogP contribution in [-0.2, 0) is 13.5 Å². The van der Waals surface area contributed by atoms with Gasteiger partial charge >= 0.3 is 6.03 Å². The van der Waals surface area contributed by atoms with E-state index < -0.39 is 0 Å². The molecule has 1 atom stereocenters. The summed E-state index contributed by atoms with van der Waals surface area (Å²) in [6.07, 6.45) is 3.66. The molecule has 134 valence electrons. The van der Waals surface area contributed by atoms with E-state index in [-0.39, 0.29) is 11.9 Å². The third-order valence-electron chi connectivity index (χ3n) is 5.09. The van der Waals surface area contributed by atoms with Crippen LogP contribution >= 0.6 is 0 Å². The van der Waals surface area contributed by atoms with Gasteiger partial charge in [-0.15, -0.1) is 0 Å². The van der Waals surface area contributed by atoms with Crippen molar-refractivity contribution in [3.8, 4) is 0 Å². The van der Waals surface area contributed by atoms with Gasteiger partial charge in [0.1, 0.15) is 11.3 Å². The van der Waals surface area contributed by atoms with Gasteiger partial charge in [-0.25, -0.2) is 14.8 Å². The number of anilines is 1. The fraction of sp³-hybridized carbons (Fsp3) is 0.350. The Kier molecular flexibility index (Phi) is 4.32. The number of aromatic nitrogens is 3. The third kappa shape index (κ3) is 3.03. The number of hydrogen-bond acceptors (Lipinski definition) is 3. The van der Waals surface area contributed by atoms with E-state index in [1.54, 1.807) is 6.20 Å². The first-order valence-electron chi connectivity index (χ1n) is 9.08. The zero-order chi connectivity index (χ0) is 18.1. The number of benzene rings is 1. The number of fused-ring (bicyclic) bond motifs is 1. The maximum Gasteiger partial charge on any atom is 0.321 e. The van der Waals surface area contributed by atoms with Crippen LogP contribution in [0, 0.1) is 0 Å². The highest BCUT2D eigenvalue weighted by atomic mass is 16.2. The van der Waals surface area contributed by atoms with Crippen LogP contribution in [0.15, 0.2) is 42.6 Å². The first-order valence-corrected chi connectivity index (χ1v) is 9.08. The Hall–Kier alpha value is -2.89. The van der Waals surface area contributed by atoms with Gasteiger partial charge in [-0.3, -0.25) is 0 Å². The summed E-state index contributed by atoms with van der Waals surface area (Å²) in [5.74, 6) is 1.24. The Bertz CT molecular complexity index is 948. The quantitative estimate of drug-likeness (QED) is 0.786. The molecule has 0 bridgehead atoms. The van der Waals surface area contributed by atoms with Crippen molar-refractivity contribution >= 4 is 22.9 Å². The summed E-state index contributed by atoms with van der Waals surface area (Å²) in [5, 5.41) is 3.02. The molecule has 3 heterocycles. The van der Waals surface area contributed by atoms with Crippen LogP contribution in [-0.4, -0.2) is 38.6 Å². The van der Waals surface area contributed by atoms with Crippen molar-refractivity contribution in [3.63, 3.8) is 0 Å². The second-order valence-electron chi connectivity index (χ2n) is 6.79. The minimum atomic E-state index is -0.0438. The lowest BCUT2D eigenvalue weighted by atomic mass is 10.1. The molecule has 1 unspecified atom stereocenters. The van der Waals surface area contributed by atoms with Gasteiger partial charge in [0.25, 0.3) is 0 Å². The smallest absolute Gasteiger partial charge is 0.321 e. The molecule has 1 aliphatic heterocycles. The van der Waals surface area contributed by atoms with Crippen molar-refractivity contribution in [2.75, 3.05) is 18.4 Å². The molecular weight excluding hydrogens is 326 g/mol. The molecule has 0 aliphatic carbocycles. The van der Waals surface area contributed by atoms with Gasteiger partial charge in [-0.1, -0.05) is 19.1 Å². The monoisotopic (exact) mass is 349 g/mol. The van der Waals surface area contributed by atoms with Crippen LogP contribution in [0.1, 0.15) is 30.7 Å². The summed E-state index contributed by atoms with van der Waals surface area (Å²) in [7, 11) is 2.00. The number of carbonyl (C=O) groups is 1. The average Bonchev–Trinajstić information content (AvgIpc) is 3.27. The van der Waals surface area contributed by atoms with Crippen LogP contribution in [0.2, 0.25) is 0 Å². The molecule has 4 rings (SSSR count). The molecule has 0 spiro atoms. The van der Waals surface area contributed by atoms with Gasteiger partial charge in [0.15, 0.2) is 5.65 Å². The van der Waals surface area contributed by atoms with E-state index >= 15 is 0 Å². The summed E-state index contributed by atoms with van der Waals surface area (Å²) >= 11 is 0. The molecule has 6 heteroatoms. The van der Waals surface area contributed by atoms with Gasteiger partial charge in [0.05, 0.1) is 0 Å². The molecule has 1 N–H and O–H groups in total. The zero-order valence-electron chi connectivity index (χ0n) is 15.1. The minimum Gasteiger partial charge on any atom is -0.324 e. The lowest BCUT2D eigenvalue weighted by Crippen LogP contribution is -2.33. The number of rotatable bonds is 3. The second kappa shape index (κ2) is 6.78. The van der Waals surface area contributed by atoms with Crippen LogP contribution in [0.25, 0.3) is 11.2 Å². The zero-order valence-corrected chi connectivity index (χ0v) is 15.1. The van der Waals surface area contributed by atoms with E-state index in [4.69, 9.17) is 4.98 Å². The molecule has 6 nitrogen and oxygen atoms in total. The molecule has 1 saturated heterocycles. The van der Waals surface area contributed by atoms with E-state index in [9.17, 15) is 4.79 Å². The molecule has 2 amide bonds. The number of imidazole rings is 1. The van der Waals surface area contributed by atoms with Gasteiger partial charge in [0, 0.05) is 37.9 Å². The molecule has 26 heavy (non-hydrogen) atoms. The highest BCUT2D eigenvalue weighted by Crippen LogP contribution is 2.28. The van der Waals surface area contributed by atoms with E-state index in [0.717, 1.165) is 42.1 Å². The standard InChI is InChI=1S/C20H23N5O/c1-3-14-6-4-7-16(12-14)22-20(26)25-11-9-15(13-25)18-23-17-8-5-10-21-19(17)24(18)2/h4-8,10,12,15H,3,9,11,13H2,1-2H3,(H,22,26). The number of urea groups is 1. The molecule has 1 aliphatic rings. The lowest BCUT2D eigenvalue weighted by Gasteiger charge is -2.17. The highest BCUT2D eigenvalue weighted by Gasteiger charge is 2.30. The van der Waals surface area contributed by atoms with Crippen molar-refractivity contribution in [2.45, 2.75) is 25.7 Å². The summed E-state index contributed by atoms with van der Waals surface area (Å²) in [5.41, 5.74) is 3.87. The molecule has 1 aromatic carbocycles. The first kappa shape index (κ1) is 16.6. The number of carbonyl (C=O) groups excluding carboxylic acids is 1. The summed E-state index contributed by atoms with van der Waals surface area (Å²) in [6, 6.07) is 11.8. The second-order valence-corrected chi connectivity index (χ2v) is 6.79. The lowest BCUT2D eigenvalue weighted by molar-refractivity contribution is 0.222. The van der Waals surface area contributed by atoms with Crippen molar-refractivity contribution in [1.29, 1.82) is 0 Å². The number of nitrogens with one attached hydrogen (secondary N) is 1. The average molecular weight is 349 g/mol. The van der Waals surface area contributed by atoms with Gasteiger partial charge < -0.3 is 14.8 Å². The molecule has 1 fully saturated rings. The summed E-state index contributed by atoms with van der Waals surface area (Å²) in [4.78, 5) is 23.6. The molecule has 3 aromatic rings. The van der Waals surface area contributed by atoms with Crippen LogP contribution in [0.5, 0.6) is 0 Å². The maximum atomic E-state index is 12.6. The number of pyridine rings is 1. The number of hydrogen-bond donors (Lipinski definition) is 1. The van der Waals surface area contributed by atoms with E-state index in [1.807, 2.05) is 46.8 Å². The highest BCUT2D eigenvalue weighted by molar-refractivity contribution is 5.89. The van der Waals surface area contributed by atoms with Gasteiger partial charge in [-0.05, 0) is 42.7 Å². The van der Waals surface area contributed by atoms with Crippen LogP contribution < -0.4 is 5.32 Å². The van der Waals surface area contributed by atoms with Crippen molar-refractivity contribution in [2.24, 2.45) is 7.05 Å². The van der Waals surface area contributed by atoms with Gasteiger partial charge in [0.2, 0.25) is 0 Å². The van der Waals surface area contributed by atoms with E-state index in [0.29, 0.717) is 6.54 Å². The Labute approximate surface area is 152 Å². The minimum absolute atomic E-state index is 0.0438.